The van der Waals surface area contributed by atoms with Crippen LogP contribution < -0.4 is 5.32 Å². The summed E-state index contributed by atoms with van der Waals surface area (Å²) in [5, 5.41) is 3.52. The Morgan fingerprint density at radius 2 is 2.24 bits per heavy atom. The van der Waals surface area contributed by atoms with Crippen LogP contribution in [0.5, 0.6) is 0 Å². The molecule has 2 aromatic rings. The van der Waals surface area contributed by atoms with Gasteiger partial charge in [-0.3, -0.25) is 0 Å². The highest BCUT2D eigenvalue weighted by atomic mass is 35.5. The Kier molecular flexibility index (Phi) is 3.64. The van der Waals surface area contributed by atoms with Crippen molar-refractivity contribution in [1.29, 1.82) is 0 Å². The first-order valence-electron chi connectivity index (χ1n) is 5.19. The number of benzene rings is 1. The molecule has 0 saturated carbocycles. The predicted octanol–water partition coefficient (Wildman–Crippen LogP) is 4.42. The van der Waals surface area contributed by atoms with Gasteiger partial charge in [0, 0.05) is 9.90 Å². The molecule has 0 spiro atoms. The zero-order chi connectivity index (χ0) is 12.4. The lowest BCUT2D eigenvalue weighted by Crippen LogP contribution is -2.07. The van der Waals surface area contributed by atoms with Crippen molar-refractivity contribution in [1.82, 2.24) is 4.98 Å². The molecule has 0 aliphatic heterocycles. The molecular formula is C12H12ClFN2S. The van der Waals surface area contributed by atoms with E-state index in [1.165, 1.54) is 6.07 Å². The minimum atomic E-state index is -0.341. The van der Waals surface area contributed by atoms with Crippen molar-refractivity contribution in [3.63, 3.8) is 0 Å². The number of rotatable bonds is 3. The summed E-state index contributed by atoms with van der Waals surface area (Å²) < 4.78 is 13.6. The molecular weight excluding hydrogens is 259 g/mol. The zero-order valence-electron chi connectivity index (χ0n) is 9.50. The maximum Gasteiger partial charge on any atom is 0.147 e. The fraction of sp³-hybridized carbons (Fsp3) is 0.250. The third-order valence-electron chi connectivity index (χ3n) is 2.48. The lowest BCUT2D eigenvalue weighted by molar-refractivity contribution is 0.628. The van der Waals surface area contributed by atoms with Crippen LogP contribution in [0, 0.1) is 12.7 Å². The van der Waals surface area contributed by atoms with Crippen LogP contribution in [0.2, 0.25) is 5.02 Å². The molecule has 2 nitrogen and oxygen atoms in total. The summed E-state index contributed by atoms with van der Waals surface area (Å²) in [6.07, 6.45) is 0. The van der Waals surface area contributed by atoms with E-state index >= 15 is 0 Å². The Morgan fingerprint density at radius 3 is 2.82 bits per heavy atom. The summed E-state index contributed by atoms with van der Waals surface area (Å²) in [4.78, 5) is 5.29. The Morgan fingerprint density at radius 1 is 1.47 bits per heavy atom. The van der Waals surface area contributed by atoms with E-state index in [1.807, 2.05) is 13.8 Å². The van der Waals surface area contributed by atoms with Gasteiger partial charge in [-0.25, -0.2) is 9.37 Å². The van der Waals surface area contributed by atoms with E-state index in [4.69, 9.17) is 11.6 Å². The highest BCUT2D eigenvalue weighted by Crippen LogP contribution is 2.27. The first-order chi connectivity index (χ1) is 8.08. The van der Waals surface area contributed by atoms with Gasteiger partial charge in [-0.15, -0.1) is 11.3 Å². The average Bonchev–Trinajstić information content (AvgIpc) is 2.68. The molecule has 1 unspecified atom stereocenters. The number of aryl methyl sites for hydroxylation is 1. The Hall–Kier alpha value is -1.13. The van der Waals surface area contributed by atoms with E-state index in [1.54, 1.807) is 29.0 Å². The van der Waals surface area contributed by atoms with Crippen LogP contribution in [0.4, 0.5) is 10.1 Å². The van der Waals surface area contributed by atoms with Crippen molar-refractivity contribution in [2.24, 2.45) is 0 Å². The molecule has 17 heavy (non-hydrogen) atoms. The molecule has 1 aromatic heterocycles. The Balaban J connectivity index is 2.19. The molecule has 1 N–H and O–H groups in total. The quantitative estimate of drug-likeness (QED) is 0.893. The molecule has 0 aliphatic rings. The van der Waals surface area contributed by atoms with Crippen LogP contribution in [0.3, 0.4) is 0 Å². The molecule has 0 bridgehead atoms. The third kappa shape index (κ3) is 2.76. The van der Waals surface area contributed by atoms with Crippen molar-refractivity contribution in [3.8, 4) is 0 Å². The highest BCUT2D eigenvalue weighted by Gasteiger charge is 2.12. The van der Waals surface area contributed by atoms with Crippen LogP contribution in [-0.2, 0) is 0 Å². The second-order valence-electron chi connectivity index (χ2n) is 3.79. The summed E-state index contributed by atoms with van der Waals surface area (Å²) in [7, 11) is 0. The van der Waals surface area contributed by atoms with Crippen LogP contribution in [-0.4, -0.2) is 4.98 Å². The van der Waals surface area contributed by atoms with E-state index in [-0.39, 0.29) is 11.9 Å². The zero-order valence-corrected chi connectivity index (χ0v) is 11.1. The fourth-order valence-electron chi connectivity index (χ4n) is 1.63. The van der Waals surface area contributed by atoms with Crippen molar-refractivity contribution in [2.75, 3.05) is 5.32 Å². The third-order valence-corrected chi connectivity index (χ3v) is 3.83. The summed E-state index contributed by atoms with van der Waals surface area (Å²) in [6.45, 7) is 3.93. The first-order valence-corrected chi connectivity index (χ1v) is 6.45. The summed E-state index contributed by atoms with van der Waals surface area (Å²) in [6, 6.07) is 4.64. The smallest absolute Gasteiger partial charge is 0.147 e. The van der Waals surface area contributed by atoms with Gasteiger partial charge in [0.15, 0.2) is 0 Å². The van der Waals surface area contributed by atoms with Crippen LogP contribution >= 0.6 is 22.9 Å². The molecule has 0 radical (unpaired) electrons. The normalized spacial score (nSPS) is 12.5. The number of nitrogens with one attached hydrogen (secondary N) is 1. The Bertz CT molecular complexity index is 527. The van der Waals surface area contributed by atoms with Crippen LogP contribution in [0.25, 0.3) is 0 Å². The largest absolute Gasteiger partial charge is 0.375 e. The molecule has 0 aliphatic carbocycles. The van der Waals surface area contributed by atoms with Gasteiger partial charge in [0.25, 0.3) is 0 Å². The lowest BCUT2D eigenvalue weighted by atomic mass is 10.2. The average molecular weight is 271 g/mol. The fourth-order valence-corrected chi connectivity index (χ4v) is 2.60. The maximum absolute atomic E-state index is 13.6. The monoisotopic (exact) mass is 270 g/mol. The molecule has 1 aromatic carbocycles. The SMILES string of the molecule is Cc1ncsc1C(C)Nc1ccc(Cl)cc1F. The van der Waals surface area contributed by atoms with Gasteiger partial charge >= 0.3 is 0 Å². The van der Waals surface area contributed by atoms with Gasteiger partial charge in [-0.05, 0) is 32.0 Å². The number of thiazole rings is 1. The molecule has 1 heterocycles. The first kappa shape index (κ1) is 12.3. The lowest BCUT2D eigenvalue weighted by Gasteiger charge is -2.15. The molecule has 0 saturated heterocycles. The van der Waals surface area contributed by atoms with Gasteiger partial charge in [0.1, 0.15) is 5.82 Å². The van der Waals surface area contributed by atoms with Crippen molar-refractivity contribution >= 4 is 28.6 Å². The molecule has 90 valence electrons. The Labute approximate surface area is 108 Å². The number of hydrogen-bond donors (Lipinski definition) is 1. The molecule has 1 atom stereocenters. The van der Waals surface area contributed by atoms with E-state index in [9.17, 15) is 4.39 Å². The van der Waals surface area contributed by atoms with Crippen molar-refractivity contribution < 1.29 is 4.39 Å². The van der Waals surface area contributed by atoms with Crippen LogP contribution in [0.15, 0.2) is 23.7 Å². The van der Waals surface area contributed by atoms with Crippen molar-refractivity contribution in [3.05, 3.63) is 45.1 Å². The second-order valence-corrected chi connectivity index (χ2v) is 5.11. The molecule has 0 amide bonds. The number of nitrogens with zero attached hydrogens (tertiary/aromatic N) is 1. The van der Waals surface area contributed by atoms with Gasteiger partial charge in [0.05, 0.1) is 22.9 Å². The van der Waals surface area contributed by atoms with Gasteiger partial charge in [-0.2, -0.15) is 0 Å². The van der Waals surface area contributed by atoms with Crippen LogP contribution in [0.1, 0.15) is 23.5 Å². The highest BCUT2D eigenvalue weighted by molar-refractivity contribution is 7.09. The standard InChI is InChI=1S/C12H12ClFN2S/c1-7-12(17-6-15-7)8(2)16-11-4-3-9(13)5-10(11)14/h3-6,8,16H,1-2H3. The van der Waals surface area contributed by atoms with Gasteiger partial charge < -0.3 is 5.32 Å². The topological polar surface area (TPSA) is 24.9 Å². The minimum absolute atomic E-state index is 0.0261. The second kappa shape index (κ2) is 5.02. The number of halogens is 2. The van der Waals surface area contributed by atoms with Crippen molar-refractivity contribution in [2.45, 2.75) is 19.9 Å². The predicted molar refractivity (Wildman–Crippen MR) is 70.3 cm³/mol. The number of hydrogen-bond acceptors (Lipinski definition) is 3. The summed E-state index contributed by atoms with van der Waals surface area (Å²) in [5.41, 5.74) is 3.22. The molecule has 5 heteroatoms. The van der Waals surface area contributed by atoms with Gasteiger partial charge in [0.2, 0.25) is 0 Å². The summed E-state index contributed by atoms with van der Waals surface area (Å²) >= 11 is 7.27. The van der Waals surface area contributed by atoms with Gasteiger partial charge in [-0.1, -0.05) is 11.6 Å². The summed E-state index contributed by atoms with van der Waals surface area (Å²) in [5.74, 6) is -0.341. The van der Waals surface area contributed by atoms with E-state index < -0.39 is 0 Å². The van der Waals surface area contributed by atoms with E-state index in [2.05, 4.69) is 10.3 Å². The number of anilines is 1. The molecule has 0 fully saturated rings. The van der Waals surface area contributed by atoms with E-state index in [0.717, 1.165) is 10.6 Å². The van der Waals surface area contributed by atoms with E-state index in [0.29, 0.717) is 10.7 Å². The molecule has 2 rings (SSSR count). The number of aromatic nitrogens is 1. The minimum Gasteiger partial charge on any atom is -0.375 e. The maximum atomic E-state index is 13.6.